The second kappa shape index (κ2) is 13.2. The van der Waals surface area contributed by atoms with Gasteiger partial charge in [0.2, 0.25) is 0 Å². The zero-order valence-corrected chi connectivity index (χ0v) is 11.5. The number of carboxylic acids is 4. The van der Waals surface area contributed by atoms with Crippen LogP contribution >= 0.6 is 0 Å². The first kappa shape index (κ1) is 23.8. The van der Waals surface area contributed by atoms with Crippen molar-refractivity contribution in [3.63, 3.8) is 0 Å². The molecule has 0 aliphatic carbocycles. The van der Waals surface area contributed by atoms with Gasteiger partial charge in [-0.3, -0.25) is 0 Å². The van der Waals surface area contributed by atoms with Crippen molar-refractivity contribution in [2.75, 3.05) is 0 Å². The summed E-state index contributed by atoms with van der Waals surface area (Å²) < 4.78 is 0. The number of carboxylic acid groups (broad SMARTS) is 4. The Balaban J connectivity index is -0.0000000625. The number of rotatable bonds is 0. The molecule has 8 nitrogen and oxygen atoms in total. The average molecular weight is 263 g/mol. The molecule has 0 heterocycles. The van der Waals surface area contributed by atoms with Crippen LogP contribution in [-0.4, -0.2) is 75.3 Å². The fraction of sp³-hybridized carbons (Fsp3) is 0. The molecule has 0 saturated heterocycles. The van der Waals surface area contributed by atoms with Gasteiger partial charge in [0.05, 0.1) is 23.9 Å². The molecule has 1 radical (unpaired) electrons. The summed E-state index contributed by atoms with van der Waals surface area (Å²) in [6.07, 6.45) is 0. The molecule has 0 aliphatic heterocycles. The molecule has 0 spiro atoms. The van der Waals surface area contributed by atoms with Crippen molar-refractivity contribution < 1.29 is 61.3 Å². The second-order valence-corrected chi connectivity index (χ2v) is 1.15. The summed E-state index contributed by atoms with van der Waals surface area (Å²) >= 11 is 0. The third kappa shape index (κ3) is 22.8. The Morgan fingerprint density at radius 2 is 0.643 bits per heavy atom. The van der Waals surface area contributed by atoms with Crippen molar-refractivity contribution in [3.8, 4) is 0 Å². The molecule has 0 aromatic carbocycles. The maximum Gasteiger partial charge on any atom is 4.00 e. The molecule has 0 fully saturated rings. The van der Waals surface area contributed by atoms with Crippen molar-refractivity contribution in [2.45, 2.75) is 0 Å². The van der Waals surface area contributed by atoms with Crippen LogP contribution in [0.1, 0.15) is 0 Å². The minimum atomic E-state index is -2.19. The molecular formula is C4KO8Ti. The number of carbonyl (C=O) groups is 4. The molecule has 0 aromatic rings. The summed E-state index contributed by atoms with van der Waals surface area (Å²) in [4.78, 5) is 35.7. The summed E-state index contributed by atoms with van der Waals surface area (Å²) in [5, 5.41) is 35.7. The van der Waals surface area contributed by atoms with Crippen LogP contribution in [0.15, 0.2) is 0 Å². The average Bonchev–Trinajstić information content (AvgIpc) is 1.88. The van der Waals surface area contributed by atoms with Crippen LogP contribution in [0.2, 0.25) is 0 Å². The van der Waals surface area contributed by atoms with Crippen LogP contribution in [0, 0.1) is 0 Å². The van der Waals surface area contributed by atoms with Crippen LogP contribution < -0.4 is 20.4 Å². The summed E-state index contributed by atoms with van der Waals surface area (Å²) in [7, 11) is 0. The summed E-state index contributed by atoms with van der Waals surface area (Å²) in [5.41, 5.74) is 0. The zero-order chi connectivity index (χ0) is 10.3. The standard InChI is InChI=1S/2C2H2O4.K.Ti/c2*3-1(4)2(5)6;;/h2*(H,3,4)(H,5,6);;/q;;;+4/p-4. The van der Waals surface area contributed by atoms with E-state index < -0.39 is 23.9 Å². The second-order valence-electron chi connectivity index (χ2n) is 1.15. The van der Waals surface area contributed by atoms with Gasteiger partial charge in [-0.25, -0.2) is 0 Å². The predicted molar refractivity (Wildman–Crippen MR) is 25.8 cm³/mol. The van der Waals surface area contributed by atoms with E-state index in [0.29, 0.717) is 0 Å². The predicted octanol–water partition coefficient (Wildman–Crippen LogP) is -7.41. The van der Waals surface area contributed by atoms with Gasteiger partial charge >= 0.3 is 21.7 Å². The Morgan fingerprint density at radius 3 is 0.643 bits per heavy atom. The Hall–Kier alpha value is 0.231. The number of hydrogen-bond acceptors (Lipinski definition) is 8. The van der Waals surface area contributed by atoms with Gasteiger partial charge in [-0.05, 0) is 0 Å². The molecular weight excluding hydrogens is 263 g/mol. The Morgan fingerprint density at radius 1 is 0.571 bits per heavy atom. The Labute approximate surface area is 135 Å². The van der Waals surface area contributed by atoms with Gasteiger partial charge in [0.25, 0.3) is 0 Å². The van der Waals surface area contributed by atoms with Crippen molar-refractivity contribution in [1.29, 1.82) is 0 Å². The molecule has 0 aromatic heterocycles. The SMILES string of the molecule is O=C([O-])C(=O)[O-].O=C([O-])C(=O)[O-].[K].[Ti+4]. The zero-order valence-electron chi connectivity index (χ0n) is 6.77. The molecule has 14 heavy (non-hydrogen) atoms. The minimum absolute atomic E-state index is 0. The third-order valence-electron chi connectivity index (χ3n) is 0.333. The number of aliphatic carboxylic acids is 4. The van der Waals surface area contributed by atoms with Crippen molar-refractivity contribution >= 4 is 75.3 Å². The van der Waals surface area contributed by atoms with Gasteiger partial charge in [0.1, 0.15) is 0 Å². The van der Waals surface area contributed by atoms with E-state index in [0.717, 1.165) is 0 Å². The summed E-state index contributed by atoms with van der Waals surface area (Å²) in [6.45, 7) is 0. The number of carbonyl (C=O) groups excluding carboxylic acids is 4. The van der Waals surface area contributed by atoms with Gasteiger partial charge in [-0.15, -0.1) is 0 Å². The van der Waals surface area contributed by atoms with Gasteiger partial charge in [-0.1, -0.05) is 0 Å². The van der Waals surface area contributed by atoms with E-state index in [1.54, 1.807) is 0 Å². The van der Waals surface area contributed by atoms with Gasteiger partial charge in [0, 0.05) is 51.4 Å². The van der Waals surface area contributed by atoms with E-state index in [1.165, 1.54) is 0 Å². The van der Waals surface area contributed by atoms with Crippen molar-refractivity contribution in [2.24, 2.45) is 0 Å². The molecule has 69 valence electrons. The number of hydrogen-bond donors (Lipinski definition) is 0. The molecule has 0 amide bonds. The van der Waals surface area contributed by atoms with Gasteiger partial charge in [-0.2, -0.15) is 0 Å². The van der Waals surface area contributed by atoms with E-state index in [1.807, 2.05) is 0 Å². The summed E-state index contributed by atoms with van der Waals surface area (Å²) in [6, 6.07) is 0. The first-order valence-corrected chi connectivity index (χ1v) is 2.13. The van der Waals surface area contributed by atoms with E-state index in [2.05, 4.69) is 0 Å². The third-order valence-corrected chi connectivity index (χ3v) is 0.333. The summed E-state index contributed by atoms with van der Waals surface area (Å²) in [5.74, 6) is -8.74. The minimum Gasteiger partial charge on any atom is -0.543 e. The van der Waals surface area contributed by atoms with Crippen molar-refractivity contribution in [1.82, 2.24) is 0 Å². The first-order chi connectivity index (χ1) is 5.29. The van der Waals surface area contributed by atoms with Gasteiger partial charge in [0.15, 0.2) is 0 Å². The monoisotopic (exact) mass is 263 g/mol. The molecule has 10 heteroatoms. The van der Waals surface area contributed by atoms with E-state index >= 15 is 0 Å². The van der Waals surface area contributed by atoms with E-state index in [-0.39, 0.29) is 73.1 Å². The van der Waals surface area contributed by atoms with Crippen LogP contribution in [0.5, 0.6) is 0 Å². The molecule has 0 N–H and O–H groups in total. The van der Waals surface area contributed by atoms with Crippen molar-refractivity contribution in [3.05, 3.63) is 0 Å². The quantitative estimate of drug-likeness (QED) is 0.307. The van der Waals surface area contributed by atoms with Crippen LogP contribution in [-0.2, 0) is 40.9 Å². The molecule has 0 rings (SSSR count). The molecule has 0 bridgehead atoms. The van der Waals surface area contributed by atoms with Crippen LogP contribution in [0.25, 0.3) is 0 Å². The van der Waals surface area contributed by atoms with Crippen LogP contribution in [0.4, 0.5) is 0 Å². The topological polar surface area (TPSA) is 161 Å². The Bertz CT molecular complexity index is 177. The largest absolute Gasteiger partial charge is 4.00 e. The fourth-order valence-corrected chi connectivity index (χ4v) is 0. The van der Waals surface area contributed by atoms with Crippen LogP contribution in [0.3, 0.4) is 0 Å². The van der Waals surface area contributed by atoms with E-state index in [4.69, 9.17) is 39.6 Å². The fourth-order valence-electron chi connectivity index (χ4n) is 0. The normalized spacial score (nSPS) is 6.29. The Kier molecular flexibility index (Phi) is 22.5. The van der Waals surface area contributed by atoms with E-state index in [9.17, 15) is 0 Å². The molecule has 0 saturated carbocycles. The maximum atomic E-state index is 8.93. The molecule has 0 unspecified atom stereocenters. The first-order valence-electron chi connectivity index (χ1n) is 2.13. The molecule has 0 aliphatic rings. The molecule has 0 atom stereocenters. The smallest absolute Gasteiger partial charge is 0.543 e. The maximum absolute atomic E-state index is 8.93. The van der Waals surface area contributed by atoms with Gasteiger partial charge < -0.3 is 39.6 Å².